The number of rotatable bonds is 5. The van der Waals surface area contributed by atoms with Crippen LogP contribution in [0.5, 0.6) is 0 Å². The lowest BCUT2D eigenvalue weighted by Gasteiger charge is -2.07. The highest BCUT2D eigenvalue weighted by molar-refractivity contribution is 7.13. The van der Waals surface area contributed by atoms with E-state index in [2.05, 4.69) is 5.10 Å². The average molecular weight is 343 g/mol. The number of carbonyl (C=O) groups is 1. The molecule has 0 saturated carbocycles. The molecule has 3 aromatic rings. The van der Waals surface area contributed by atoms with Gasteiger partial charge in [0.1, 0.15) is 11.4 Å². The Balaban J connectivity index is 2.19. The molecule has 7 nitrogen and oxygen atoms in total. The predicted molar refractivity (Wildman–Crippen MR) is 89.5 cm³/mol. The van der Waals surface area contributed by atoms with Crippen LogP contribution in [0, 0.1) is 10.1 Å². The smallest absolute Gasteiger partial charge is 0.357 e. The first-order valence-corrected chi connectivity index (χ1v) is 8.04. The number of para-hydroxylation sites is 2. The molecule has 0 amide bonds. The third kappa shape index (κ3) is 2.91. The summed E-state index contributed by atoms with van der Waals surface area (Å²) in [7, 11) is 0. The SMILES string of the molecule is CCOC(=O)c1cc(-c2cccs2)nn1-c1ccccc1[N+](=O)[O-]. The molecule has 0 atom stereocenters. The number of aromatic nitrogens is 2. The molecule has 0 radical (unpaired) electrons. The minimum atomic E-state index is -0.578. The van der Waals surface area contributed by atoms with Gasteiger partial charge in [0, 0.05) is 12.1 Å². The number of thiophene rings is 1. The van der Waals surface area contributed by atoms with E-state index in [4.69, 9.17) is 4.74 Å². The molecule has 3 rings (SSSR count). The van der Waals surface area contributed by atoms with Gasteiger partial charge < -0.3 is 4.74 Å². The van der Waals surface area contributed by atoms with Gasteiger partial charge in [-0.3, -0.25) is 10.1 Å². The zero-order valence-corrected chi connectivity index (χ0v) is 13.5. The van der Waals surface area contributed by atoms with Crippen LogP contribution in [0.3, 0.4) is 0 Å². The summed E-state index contributed by atoms with van der Waals surface area (Å²) < 4.78 is 6.32. The monoisotopic (exact) mass is 343 g/mol. The fourth-order valence-corrected chi connectivity index (χ4v) is 2.94. The van der Waals surface area contributed by atoms with E-state index in [1.807, 2.05) is 17.5 Å². The Morgan fingerprint density at radius 2 is 2.12 bits per heavy atom. The molecule has 24 heavy (non-hydrogen) atoms. The zero-order chi connectivity index (χ0) is 17.1. The van der Waals surface area contributed by atoms with Crippen molar-refractivity contribution in [1.82, 2.24) is 9.78 Å². The van der Waals surface area contributed by atoms with E-state index in [9.17, 15) is 14.9 Å². The van der Waals surface area contributed by atoms with Crippen LogP contribution in [0.25, 0.3) is 16.3 Å². The molecule has 2 heterocycles. The fraction of sp³-hybridized carbons (Fsp3) is 0.125. The first-order chi connectivity index (χ1) is 11.6. The molecule has 0 saturated heterocycles. The molecule has 0 unspecified atom stereocenters. The standard InChI is InChI=1S/C16H13N3O4S/c1-2-23-16(20)14-10-11(15-8-5-9-24-15)17-18(14)12-6-3-4-7-13(12)19(21)22/h3-10H,2H2,1H3. The van der Waals surface area contributed by atoms with Gasteiger partial charge >= 0.3 is 5.97 Å². The molecule has 2 aromatic heterocycles. The first-order valence-electron chi connectivity index (χ1n) is 7.16. The van der Waals surface area contributed by atoms with Gasteiger partial charge in [0.25, 0.3) is 5.69 Å². The second-order valence-electron chi connectivity index (χ2n) is 4.77. The summed E-state index contributed by atoms with van der Waals surface area (Å²) in [4.78, 5) is 23.9. The number of nitrogens with zero attached hydrogens (tertiary/aromatic N) is 3. The molecule has 8 heteroatoms. The number of hydrogen-bond donors (Lipinski definition) is 0. The summed E-state index contributed by atoms with van der Waals surface area (Å²) in [6.07, 6.45) is 0. The van der Waals surface area contributed by atoms with Crippen LogP contribution in [0.15, 0.2) is 47.8 Å². The van der Waals surface area contributed by atoms with Gasteiger partial charge in [-0.2, -0.15) is 5.10 Å². The number of carbonyl (C=O) groups excluding carboxylic acids is 1. The quantitative estimate of drug-likeness (QED) is 0.400. The van der Waals surface area contributed by atoms with Crippen molar-refractivity contribution in [2.75, 3.05) is 6.61 Å². The zero-order valence-electron chi connectivity index (χ0n) is 12.7. The van der Waals surface area contributed by atoms with Gasteiger partial charge in [0.05, 0.1) is 16.4 Å². The van der Waals surface area contributed by atoms with Crippen molar-refractivity contribution in [1.29, 1.82) is 0 Å². The molecule has 0 N–H and O–H groups in total. The van der Waals surface area contributed by atoms with Crippen LogP contribution in [-0.4, -0.2) is 27.3 Å². The van der Waals surface area contributed by atoms with Crippen molar-refractivity contribution in [3.63, 3.8) is 0 Å². The van der Waals surface area contributed by atoms with Crippen molar-refractivity contribution in [3.05, 3.63) is 63.7 Å². The van der Waals surface area contributed by atoms with Crippen molar-refractivity contribution < 1.29 is 14.5 Å². The Labute approximate surface area is 141 Å². The van der Waals surface area contributed by atoms with Gasteiger partial charge in [0.2, 0.25) is 0 Å². The summed E-state index contributed by atoms with van der Waals surface area (Å²) in [6.45, 7) is 1.90. The highest BCUT2D eigenvalue weighted by Gasteiger charge is 2.23. The summed E-state index contributed by atoms with van der Waals surface area (Å²) >= 11 is 1.47. The molecular weight excluding hydrogens is 330 g/mol. The molecule has 0 bridgehead atoms. The maximum absolute atomic E-state index is 12.3. The van der Waals surface area contributed by atoms with E-state index in [0.29, 0.717) is 5.69 Å². The molecule has 0 aliphatic carbocycles. The number of hydrogen-bond acceptors (Lipinski definition) is 6. The van der Waals surface area contributed by atoms with Crippen molar-refractivity contribution in [2.45, 2.75) is 6.92 Å². The predicted octanol–water partition coefficient (Wildman–Crippen LogP) is 3.69. The number of ether oxygens (including phenoxy) is 1. The van der Waals surface area contributed by atoms with Crippen LogP contribution >= 0.6 is 11.3 Å². The lowest BCUT2D eigenvalue weighted by atomic mass is 10.2. The van der Waals surface area contributed by atoms with Gasteiger partial charge in [-0.15, -0.1) is 11.3 Å². The molecular formula is C16H13N3O4S. The average Bonchev–Trinajstić information content (AvgIpc) is 3.24. The van der Waals surface area contributed by atoms with Crippen LogP contribution in [0.2, 0.25) is 0 Å². The normalized spacial score (nSPS) is 10.5. The van der Waals surface area contributed by atoms with Crippen molar-refractivity contribution >= 4 is 23.0 Å². The number of benzene rings is 1. The Bertz CT molecular complexity index is 887. The van der Waals surface area contributed by atoms with Gasteiger partial charge in [0.15, 0.2) is 5.69 Å². The maximum atomic E-state index is 12.3. The second-order valence-corrected chi connectivity index (χ2v) is 5.72. The Morgan fingerprint density at radius 1 is 1.33 bits per heavy atom. The largest absolute Gasteiger partial charge is 0.461 e. The highest BCUT2D eigenvalue weighted by Crippen LogP contribution is 2.29. The molecule has 0 fully saturated rings. The lowest BCUT2D eigenvalue weighted by Crippen LogP contribution is -2.13. The molecule has 1 aromatic carbocycles. The van der Waals surface area contributed by atoms with E-state index in [1.54, 1.807) is 31.2 Å². The number of nitro benzene ring substituents is 1. The van der Waals surface area contributed by atoms with Crippen LogP contribution < -0.4 is 0 Å². The minimum Gasteiger partial charge on any atom is -0.461 e. The van der Waals surface area contributed by atoms with Gasteiger partial charge in [-0.1, -0.05) is 18.2 Å². The summed E-state index contributed by atoms with van der Waals surface area (Å²) in [5.74, 6) is -0.578. The Morgan fingerprint density at radius 3 is 2.79 bits per heavy atom. The van der Waals surface area contributed by atoms with Crippen LogP contribution in [0.4, 0.5) is 5.69 Å². The van der Waals surface area contributed by atoms with Crippen LogP contribution in [0.1, 0.15) is 17.4 Å². The van der Waals surface area contributed by atoms with E-state index in [1.165, 1.54) is 22.1 Å². The first kappa shape index (κ1) is 15.9. The maximum Gasteiger partial charge on any atom is 0.357 e. The van der Waals surface area contributed by atoms with Gasteiger partial charge in [-0.25, -0.2) is 9.48 Å². The third-order valence-electron chi connectivity index (χ3n) is 3.27. The van der Waals surface area contributed by atoms with E-state index >= 15 is 0 Å². The van der Waals surface area contributed by atoms with Crippen molar-refractivity contribution in [2.24, 2.45) is 0 Å². The van der Waals surface area contributed by atoms with E-state index in [-0.39, 0.29) is 23.7 Å². The van der Waals surface area contributed by atoms with Crippen LogP contribution in [-0.2, 0) is 4.74 Å². The third-order valence-corrected chi connectivity index (χ3v) is 4.17. The van der Waals surface area contributed by atoms with Gasteiger partial charge in [-0.05, 0) is 24.4 Å². The Kier molecular flexibility index (Phi) is 4.39. The molecule has 122 valence electrons. The summed E-state index contributed by atoms with van der Waals surface area (Å²) in [5.41, 5.74) is 0.790. The number of esters is 1. The summed E-state index contributed by atoms with van der Waals surface area (Å²) in [6, 6.07) is 11.5. The summed E-state index contributed by atoms with van der Waals surface area (Å²) in [5, 5.41) is 17.6. The highest BCUT2D eigenvalue weighted by atomic mass is 32.1. The molecule has 0 aliphatic rings. The van der Waals surface area contributed by atoms with E-state index in [0.717, 1.165) is 4.88 Å². The molecule has 0 spiro atoms. The Hall–Kier alpha value is -3.00. The minimum absolute atomic E-state index is 0.135. The lowest BCUT2D eigenvalue weighted by molar-refractivity contribution is -0.384. The second kappa shape index (κ2) is 6.63. The number of nitro groups is 1. The fourth-order valence-electron chi connectivity index (χ4n) is 2.26. The molecule has 0 aliphatic heterocycles. The van der Waals surface area contributed by atoms with E-state index < -0.39 is 10.9 Å². The topological polar surface area (TPSA) is 87.3 Å². The van der Waals surface area contributed by atoms with Crippen molar-refractivity contribution in [3.8, 4) is 16.3 Å².